The van der Waals surface area contributed by atoms with E-state index in [0.717, 1.165) is 22.3 Å². The predicted molar refractivity (Wildman–Crippen MR) is 188 cm³/mol. The Hall–Kier alpha value is -5.98. The number of ether oxygens (including phenoxy) is 2. The van der Waals surface area contributed by atoms with Crippen molar-refractivity contribution in [2.24, 2.45) is 0 Å². The quantitative estimate of drug-likeness (QED) is 0.123. The largest absolute Gasteiger partial charge is 0.489 e. The average molecular weight is 677 g/mol. The van der Waals surface area contributed by atoms with Gasteiger partial charge in [0.25, 0.3) is 23.6 Å². The van der Waals surface area contributed by atoms with E-state index in [1.165, 1.54) is 12.2 Å². The van der Waals surface area contributed by atoms with Crippen LogP contribution >= 0.6 is 24.4 Å². The highest BCUT2D eigenvalue weighted by atomic mass is 32.1. The van der Waals surface area contributed by atoms with Gasteiger partial charge in [-0.15, -0.1) is 0 Å². The van der Waals surface area contributed by atoms with Crippen LogP contribution in [0.3, 0.4) is 0 Å². The van der Waals surface area contributed by atoms with Crippen LogP contribution < -0.4 is 30.7 Å². The van der Waals surface area contributed by atoms with Crippen molar-refractivity contribution in [3.63, 3.8) is 0 Å². The zero-order valence-corrected chi connectivity index (χ0v) is 26.9. The second-order valence-corrected chi connectivity index (χ2v) is 11.1. The molecule has 6 rings (SSSR count). The molecule has 4 aromatic rings. The number of rotatable bonds is 8. The standard InChI is InChI=1S/2C18H14N2O3S/c2*21-16-15(17(22)20-18(24)19-16)10-12-6-8-14(9-7-12)23-11-13-4-2-1-3-5-13/h2*1-10H,11H2,(H2,19,20,21,22,24). The van der Waals surface area contributed by atoms with Gasteiger partial charge in [0, 0.05) is 0 Å². The SMILES string of the molecule is O=C1NC(=S)NC(=O)C1=Cc1ccc(OCc2ccccc2)cc1.O=C1NC(=S)NC(=O)C1=Cc1ccc(OCc2ccccc2)cc1. The van der Waals surface area contributed by atoms with Gasteiger partial charge in [0.1, 0.15) is 35.9 Å². The molecule has 0 bridgehead atoms. The van der Waals surface area contributed by atoms with E-state index in [-0.39, 0.29) is 21.4 Å². The number of thiocarbonyl (C=S) groups is 2. The fourth-order valence-corrected chi connectivity index (χ4v) is 4.72. The highest BCUT2D eigenvalue weighted by molar-refractivity contribution is 7.80. The molecule has 4 aromatic carbocycles. The van der Waals surface area contributed by atoms with Gasteiger partial charge in [0.05, 0.1) is 0 Å². The van der Waals surface area contributed by atoms with Crippen LogP contribution in [0, 0.1) is 0 Å². The summed E-state index contributed by atoms with van der Waals surface area (Å²) in [5.74, 6) is -0.609. The lowest BCUT2D eigenvalue weighted by molar-refractivity contribution is -0.124. The number of amides is 4. The molecule has 0 aromatic heterocycles. The third-order valence-corrected chi connectivity index (χ3v) is 7.17. The first-order valence-electron chi connectivity index (χ1n) is 14.5. The Labute approximate surface area is 286 Å². The normalized spacial score (nSPS) is 14.0. The lowest BCUT2D eigenvalue weighted by atomic mass is 10.1. The lowest BCUT2D eigenvalue weighted by Gasteiger charge is -2.16. The van der Waals surface area contributed by atoms with Crippen LogP contribution in [-0.2, 0) is 32.4 Å². The Bertz CT molecular complexity index is 1720. The fraction of sp³-hybridized carbons (Fsp3) is 0.0556. The Morgan fingerprint density at radius 3 is 1.08 bits per heavy atom. The summed E-state index contributed by atoms with van der Waals surface area (Å²) in [7, 11) is 0. The molecule has 240 valence electrons. The van der Waals surface area contributed by atoms with E-state index in [4.69, 9.17) is 33.9 Å². The third kappa shape index (κ3) is 9.52. The van der Waals surface area contributed by atoms with Gasteiger partial charge in [-0.05, 0) is 83.1 Å². The number of carbonyl (C=O) groups is 4. The molecule has 0 atom stereocenters. The highest BCUT2D eigenvalue weighted by Crippen LogP contribution is 2.18. The summed E-state index contributed by atoms with van der Waals surface area (Å²) in [6.07, 6.45) is 3.01. The molecule has 4 amide bonds. The Morgan fingerprint density at radius 2 is 0.771 bits per heavy atom. The number of nitrogens with one attached hydrogen (secondary N) is 4. The van der Waals surface area contributed by atoms with Gasteiger partial charge in [0.15, 0.2) is 10.2 Å². The molecule has 12 heteroatoms. The van der Waals surface area contributed by atoms with Crippen molar-refractivity contribution < 1.29 is 28.7 Å². The molecule has 0 spiro atoms. The molecule has 0 unspecified atom stereocenters. The highest BCUT2D eigenvalue weighted by Gasteiger charge is 2.26. The van der Waals surface area contributed by atoms with Crippen molar-refractivity contribution in [1.82, 2.24) is 21.3 Å². The molecule has 2 fully saturated rings. The van der Waals surface area contributed by atoms with E-state index in [0.29, 0.717) is 24.7 Å². The van der Waals surface area contributed by atoms with E-state index in [1.54, 1.807) is 48.5 Å². The van der Waals surface area contributed by atoms with Crippen LogP contribution in [0.15, 0.2) is 120 Å². The molecule has 2 aliphatic rings. The van der Waals surface area contributed by atoms with Gasteiger partial charge in [-0.2, -0.15) is 0 Å². The van der Waals surface area contributed by atoms with Crippen molar-refractivity contribution in [2.75, 3.05) is 0 Å². The van der Waals surface area contributed by atoms with Crippen molar-refractivity contribution in [3.8, 4) is 11.5 Å². The third-order valence-electron chi connectivity index (χ3n) is 6.77. The zero-order chi connectivity index (χ0) is 33.9. The Morgan fingerprint density at radius 1 is 0.458 bits per heavy atom. The number of hydrogen-bond donors (Lipinski definition) is 4. The molecular formula is C36H28N4O6S2. The molecule has 4 N–H and O–H groups in total. The van der Waals surface area contributed by atoms with Gasteiger partial charge in [-0.1, -0.05) is 84.9 Å². The predicted octanol–water partition coefficient (Wildman–Crippen LogP) is 4.36. The summed E-state index contributed by atoms with van der Waals surface area (Å²) >= 11 is 9.51. The first-order valence-corrected chi connectivity index (χ1v) is 15.4. The second-order valence-electron chi connectivity index (χ2n) is 10.3. The van der Waals surface area contributed by atoms with Crippen LogP contribution in [0.5, 0.6) is 11.5 Å². The van der Waals surface area contributed by atoms with Crippen molar-refractivity contribution in [3.05, 3.63) is 143 Å². The van der Waals surface area contributed by atoms with Gasteiger partial charge in [-0.3, -0.25) is 40.4 Å². The summed E-state index contributed by atoms with van der Waals surface area (Å²) in [4.78, 5) is 47.2. The lowest BCUT2D eigenvalue weighted by Crippen LogP contribution is -2.51. The van der Waals surface area contributed by atoms with Crippen molar-refractivity contribution in [1.29, 1.82) is 0 Å². The molecule has 2 saturated heterocycles. The number of hydrogen-bond acceptors (Lipinski definition) is 8. The molecule has 10 nitrogen and oxygen atoms in total. The van der Waals surface area contributed by atoms with E-state index >= 15 is 0 Å². The van der Waals surface area contributed by atoms with Crippen LogP contribution in [0.4, 0.5) is 0 Å². The Balaban J connectivity index is 0.000000188. The maximum absolute atomic E-state index is 11.8. The van der Waals surface area contributed by atoms with Gasteiger partial charge < -0.3 is 9.47 Å². The van der Waals surface area contributed by atoms with E-state index in [9.17, 15) is 19.2 Å². The topological polar surface area (TPSA) is 135 Å². The van der Waals surface area contributed by atoms with E-state index in [1.807, 2.05) is 60.7 Å². The first kappa shape index (κ1) is 33.4. The molecule has 2 aliphatic heterocycles. The number of benzene rings is 4. The summed E-state index contributed by atoms with van der Waals surface area (Å²) in [5, 5.41) is 9.63. The maximum atomic E-state index is 11.8. The van der Waals surface area contributed by atoms with Crippen LogP contribution in [0.1, 0.15) is 22.3 Å². The molecule has 0 aliphatic carbocycles. The zero-order valence-electron chi connectivity index (χ0n) is 25.2. The molecule has 2 heterocycles. The summed E-state index contributed by atoms with van der Waals surface area (Å²) in [6, 6.07) is 34.0. The van der Waals surface area contributed by atoms with Gasteiger partial charge in [0.2, 0.25) is 0 Å². The maximum Gasteiger partial charge on any atom is 0.263 e. The average Bonchev–Trinajstić information content (AvgIpc) is 3.08. The van der Waals surface area contributed by atoms with Crippen molar-refractivity contribution in [2.45, 2.75) is 13.2 Å². The molecule has 48 heavy (non-hydrogen) atoms. The van der Waals surface area contributed by atoms with Crippen molar-refractivity contribution >= 4 is 70.4 Å². The van der Waals surface area contributed by atoms with Crippen LogP contribution in [0.25, 0.3) is 12.2 Å². The fourth-order valence-electron chi connectivity index (χ4n) is 4.35. The number of carbonyl (C=O) groups excluding carboxylic acids is 4. The van der Waals surface area contributed by atoms with Gasteiger partial charge in [-0.25, -0.2) is 0 Å². The Kier molecular flexibility index (Phi) is 11.1. The van der Waals surface area contributed by atoms with Crippen LogP contribution in [-0.4, -0.2) is 33.9 Å². The minimum atomic E-state index is -0.506. The minimum absolute atomic E-state index is 0.0153. The minimum Gasteiger partial charge on any atom is -0.489 e. The summed E-state index contributed by atoms with van der Waals surface area (Å²) in [6.45, 7) is 0.951. The van der Waals surface area contributed by atoms with E-state index < -0.39 is 23.6 Å². The first-order chi connectivity index (χ1) is 23.2. The van der Waals surface area contributed by atoms with Gasteiger partial charge >= 0.3 is 0 Å². The second kappa shape index (κ2) is 16.0. The molecule has 0 radical (unpaired) electrons. The summed E-state index contributed by atoms with van der Waals surface area (Å²) < 4.78 is 11.4. The molecular weight excluding hydrogens is 649 g/mol. The van der Waals surface area contributed by atoms with Crippen LogP contribution in [0.2, 0.25) is 0 Å². The van der Waals surface area contributed by atoms with E-state index in [2.05, 4.69) is 21.3 Å². The molecule has 0 saturated carbocycles. The summed E-state index contributed by atoms with van der Waals surface area (Å²) in [5.41, 5.74) is 3.62. The monoisotopic (exact) mass is 676 g/mol. The smallest absolute Gasteiger partial charge is 0.263 e.